The predicted octanol–water partition coefficient (Wildman–Crippen LogP) is 0.0942. The van der Waals surface area contributed by atoms with Gasteiger partial charge >= 0.3 is 0 Å². The minimum absolute atomic E-state index is 0.0702. The van der Waals surface area contributed by atoms with Crippen LogP contribution in [0.5, 0.6) is 0 Å². The molecule has 0 aliphatic carbocycles. The molecule has 2 N–H and O–H groups in total. The van der Waals surface area contributed by atoms with Gasteiger partial charge < -0.3 is 10.2 Å². The van der Waals surface area contributed by atoms with Crippen LogP contribution in [0.15, 0.2) is 36.4 Å². The summed E-state index contributed by atoms with van der Waals surface area (Å²) in [6.45, 7) is -1.01. The number of carbonyl (C=O) groups excluding carboxylic acids is 5. The molecular weight excluding hydrogens is 392 g/mol. The van der Waals surface area contributed by atoms with E-state index in [0.29, 0.717) is 0 Å². The molecule has 2 aromatic carbocycles. The summed E-state index contributed by atoms with van der Waals surface area (Å²) in [5, 5.41) is 18.1. The van der Waals surface area contributed by atoms with Crippen LogP contribution in [0.4, 0.5) is 0 Å². The summed E-state index contributed by atoms with van der Waals surface area (Å²) in [5.74, 6) is -2.73. The van der Waals surface area contributed by atoms with E-state index in [1.165, 1.54) is 36.4 Å². The van der Waals surface area contributed by atoms with Gasteiger partial charge in [-0.05, 0) is 24.3 Å². The van der Waals surface area contributed by atoms with E-state index in [2.05, 4.69) is 0 Å². The number of amides is 4. The molecule has 0 atom stereocenters. The summed E-state index contributed by atoms with van der Waals surface area (Å²) in [7, 11) is 0. The van der Waals surface area contributed by atoms with Crippen LogP contribution in [0, 0.1) is 0 Å². The van der Waals surface area contributed by atoms with Crippen LogP contribution in [-0.2, 0) is 0 Å². The molecule has 0 radical (unpaired) electrons. The van der Waals surface area contributed by atoms with Gasteiger partial charge in [0.1, 0.15) is 0 Å². The van der Waals surface area contributed by atoms with E-state index in [1.54, 1.807) is 0 Å². The zero-order valence-electron chi connectivity index (χ0n) is 15.6. The van der Waals surface area contributed by atoms with Gasteiger partial charge in [0, 0.05) is 11.1 Å². The molecule has 4 amide bonds. The lowest BCUT2D eigenvalue weighted by Gasteiger charge is -2.10. The van der Waals surface area contributed by atoms with E-state index in [9.17, 15) is 24.0 Å². The monoisotopic (exact) mass is 408 g/mol. The molecule has 0 saturated carbocycles. The van der Waals surface area contributed by atoms with Gasteiger partial charge in [0.15, 0.2) is 5.78 Å². The highest BCUT2D eigenvalue weighted by atomic mass is 16.3. The van der Waals surface area contributed by atoms with Crippen molar-refractivity contribution < 1.29 is 34.2 Å². The molecule has 4 rings (SSSR count). The van der Waals surface area contributed by atoms with Crippen LogP contribution in [0.2, 0.25) is 0 Å². The largest absolute Gasteiger partial charge is 0.395 e. The van der Waals surface area contributed by atoms with Gasteiger partial charge in [-0.3, -0.25) is 33.8 Å². The van der Waals surface area contributed by atoms with Crippen molar-refractivity contribution in [2.24, 2.45) is 0 Å². The summed E-state index contributed by atoms with van der Waals surface area (Å²) >= 11 is 0. The minimum Gasteiger partial charge on any atom is -0.395 e. The third kappa shape index (κ3) is 2.83. The predicted molar refractivity (Wildman–Crippen MR) is 101 cm³/mol. The summed E-state index contributed by atoms with van der Waals surface area (Å²) in [5.41, 5.74) is 0.731. The molecule has 0 spiro atoms. The molecule has 2 aliphatic heterocycles. The van der Waals surface area contributed by atoms with Crippen LogP contribution in [0.25, 0.3) is 0 Å². The summed E-state index contributed by atoms with van der Waals surface area (Å²) < 4.78 is 0. The van der Waals surface area contributed by atoms with Crippen molar-refractivity contribution in [3.05, 3.63) is 69.8 Å². The first-order valence-corrected chi connectivity index (χ1v) is 9.16. The maximum absolute atomic E-state index is 12.9. The van der Waals surface area contributed by atoms with Crippen LogP contribution < -0.4 is 0 Å². The van der Waals surface area contributed by atoms with Gasteiger partial charge in [-0.15, -0.1) is 0 Å². The van der Waals surface area contributed by atoms with Crippen molar-refractivity contribution in [3.8, 4) is 0 Å². The molecule has 2 aromatic rings. The number of rotatable bonds is 6. The molecule has 152 valence electrons. The standard InChI is InChI=1S/C21H16N2O7/c24-7-5-22-18(27)13-3-1-11(9-15(13)20(22)29)17(26)12-2-4-14-16(10-12)21(30)23(6-8-25)19(14)28/h1-4,9-10,24-25H,5-8H2. The van der Waals surface area contributed by atoms with Gasteiger partial charge in [0.05, 0.1) is 48.6 Å². The Morgan fingerprint density at radius 1 is 0.633 bits per heavy atom. The summed E-state index contributed by atoms with van der Waals surface area (Å²) in [4.78, 5) is 64.1. The number of benzene rings is 2. The fourth-order valence-corrected chi connectivity index (χ4v) is 3.64. The quantitative estimate of drug-likeness (QED) is 0.511. The van der Waals surface area contributed by atoms with Crippen molar-refractivity contribution in [3.63, 3.8) is 0 Å². The van der Waals surface area contributed by atoms with E-state index in [-0.39, 0.29) is 59.7 Å². The molecule has 30 heavy (non-hydrogen) atoms. The lowest BCUT2D eigenvalue weighted by atomic mass is 9.96. The fraction of sp³-hybridized carbons (Fsp3) is 0.190. The Morgan fingerprint density at radius 3 is 1.37 bits per heavy atom. The van der Waals surface area contributed by atoms with Gasteiger partial charge in [-0.25, -0.2) is 0 Å². The molecular formula is C21H16N2O7. The number of aliphatic hydroxyl groups is 2. The molecule has 0 fully saturated rings. The van der Waals surface area contributed by atoms with Crippen molar-refractivity contribution in [1.29, 1.82) is 0 Å². The topological polar surface area (TPSA) is 132 Å². The van der Waals surface area contributed by atoms with E-state index in [1.807, 2.05) is 0 Å². The van der Waals surface area contributed by atoms with Gasteiger partial charge in [0.2, 0.25) is 0 Å². The Morgan fingerprint density at radius 2 is 1.00 bits per heavy atom. The second-order valence-electron chi connectivity index (χ2n) is 6.82. The second kappa shape index (κ2) is 7.29. The number of fused-ring (bicyclic) bond motifs is 2. The van der Waals surface area contributed by atoms with Crippen LogP contribution in [0.3, 0.4) is 0 Å². The number of ketones is 1. The molecule has 0 bridgehead atoms. The number of imide groups is 2. The maximum atomic E-state index is 12.9. The Labute approximate surface area is 170 Å². The second-order valence-corrected chi connectivity index (χ2v) is 6.82. The zero-order chi connectivity index (χ0) is 21.6. The minimum atomic E-state index is -0.590. The summed E-state index contributed by atoms with van der Waals surface area (Å²) in [6, 6.07) is 8.21. The number of hydrogen-bond donors (Lipinski definition) is 2. The third-order valence-electron chi connectivity index (χ3n) is 5.11. The third-order valence-corrected chi connectivity index (χ3v) is 5.11. The van der Waals surface area contributed by atoms with Crippen molar-refractivity contribution in [1.82, 2.24) is 9.80 Å². The van der Waals surface area contributed by atoms with Crippen molar-refractivity contribution in [2.75, 3.05) is 26.3 Å². The van der Waals surface area contributed by atoms with E-state index < -0.39 is 29.4 Å². The highest BCUT2D eigenvalue weighted by molar-refractivity contribution is 6.24. The van der Waals surface area contributed by atoms with Crippen LogP contribution in [-0.4, -0.2) is 75.7 Å². The highest BCUT2D eigenvalue weighted by Crippen LogP contribution is 2.27. The van der Waals surface area contributed by atoms with Crippen molar-refractivity contribution in [2.45, 2.75) is 0 Å². The first kappa shape index (κ1) is 19.6. The SMILES string of the molecule is O=C(c1ccc2c(c1)C(=O)N(CCO)C2=O)c1ccc2c(c1)C(=O)N(CCO)C2=O. The van der Waals surface area contributed by atoms with E-state index in [0.717, 1.165) is 9.80 Å². The average molecular weight is 408 g/mol. The Bertz CT molecular complexity index is 1050. The van der Waals surface area contributed by atoms with E-state index in [4.69, 9.17) is 10.2 Å². The number of hydrogen-bond acceptors (Lipinski definition) is 7. The molecule has 0 unspecified atom stereocenters. The van der Waals surface area contributed by atoms with Gasteiger partial charge in [0.25, 0.3) is 23.6 Å². The number of aliphatic hydroxyl groups excluding tert-OH is 2. The number of nitrogens with zero attached hydrogens (tertiary/aromatic N) is 2. The lowest BCUT2D eigenvalue weighted by Crippen LogP contribution is -2.32. The van der Waals surface area contributed by atoms with E-state index >= 15 is 0 Å². The molecule has 9 heteroatoms. The average Bonchev–Trinajstić information content (AvgIpc) is 3.13. The Kier molecular flexibility index (Phi) is 4.76. The molecule has 9 nitrogen and oxygen atoms in total. The highest BCUT2D eigenvalue weighted by Gasteiger charge is 2.37. The molecule has 2 aliphatic rings. The van der Waals surface area contributed by atoms with Crippen LogP contribution in [0.1, 0.15) is 57.4 Å². The molecule has 0 aromatic heterocycles. The van der Waals surface area contributed by atoms with Crippen LogP contribution >= 0.6 is 0 Å². The van der Waals surface area contributed by atoms with Gasteiger partial charge in [-0.2, -0.15) is 0 Å². The number of β-amino-alcohol motifs (C(OH)–C–C–N with tert-alkyl or cyclic N) is 2. The first-order valence-electron chi connectivity index (χ1n) is 9.16. The molecule has 0 saturated heterocycles. The molecule has 2 heterocycles. The van der Waals surface area contributed by atoms with Gasteiger partial charge in [-0.1, -0.05) is 12.1 Å². The summed E-state index contributed by atoms with van der Waals surface area (Å²) in [6.07, 6.45) is 0. The zero-order valence-corrected chi connectivity index (χ0v) is 15.6. The Balaban J connectivity index is 1.67. The normalized spacial score (nSPS) is 15.1. The fourth-order valence-electron chi connectivity index (χ4n) is 3.64. The lowest BCUT2D eigenvalue weighted by molar-refractivity contribution is 0.0610. The Hall–Kier alpha value is -3.69. The first-order chi connectivity index (χ1) is 14.4. The van der Waals surface area contributed by atoms with Crippen molar-refractivity contribution >= 4 is 29.4 Å². The smallest absolute Gasteiger partial charge is 0.261 e. The number of carbonyl (C=O) groups is 5. The maximum Gasteiger partial charge on any atom is 0.261 e.